The monoisotopic (exact) mass is 382 g/mol. The number of amides is 1. The molecule has 146 valence electrons. The van der Waals surface area contributed by atoms with Crippen LogP contribution in [0.25, 0.3) is 0 Å². The SMILES string of the molecule is Cl.O=C(CNCC1CCCO1)N(Cc1ccccn1)C1CCCNCC1. The highest BCUT2D eigenvalue weighted by atomic mass is 35.5. The first-order valence-electron chi connectivity index (χ1n) is 9.55. The normalized spacial score (nSPS) is 23.1. The van der Waals surface area contributed by atoms with Crippen LogP contribution >= 0.6 is 12.4 Å². The zero-order valence-corrected chi connectivity index (χ0v) is 16.2. The van der Waals surface area contributed by atoms with Crippen molar-refractivity contribution < 1.29 is 9.53 Å². The smallest absolute Gasteiger partial charge is 0.237 e. The summed E-state index contributed by atoms with van der Waals surface area (Å²) in [5.41, 5.74) is 0.951. The van der Waals surface area contributed by atoms with Gasteiger partial charge in [0.25, 0.3) is 0 Å². The first kappa shape index (κ1) is 21.1. The van der Waals surface area contributed by atoms with Crippen LogP contribution in [-0.2, 0) is 16.1 Å². The predicted octanol–water partition coefficient (Wildman–Crippen LogP) is 1.74. The summed E-state index contributed by atoms with van der Waals surface area (Å²) in [6.45, 7) is 4.58. The number of aromatic nitrogens is 1. The summed E-state index contributed by atoms with van der Waals surface area (Å²) in [5, 5.41) is 6.73. The highest BCUT2D eigenvalue weighted by Gasteiger charge is 2.25. The molecule has 2 unspecified atom stereocenters. The van der Waals surface area contributed by atoms with Crippen molar-refractivity contribution in [3.05, 3.63) is 30.1 Å². The number of ether oxygens (including phenoxy) is 1. The van der Waals surface area contributed by atoms with E-state index in [4.69, 9.17) is 4.74 Å². The van der Waals surface area contributed by atoms with Gasteiger partial charge >= 0.3 is 0 Å². The van der Waals surface area contributed by atoms with Gasteiger partial charge in [-0.15, -0.1) is 12.4 Å². The second-order valence-electron chi connectivity index (χ2n) is 6.94. The van der Waals surface area contributed by atoms with Crippen LogP contribution in [0.4, 0.5) is 0 Å². The first-order valence-corrected chi connectivity index (χ1v) is 9.55. The quantitative estimate of drug-likeness (QED) is 0.752. The maximum Gasteiger partial charge on any atom is 0.237 e. The van der Waals surface area contributed by atoms with E-state index in [1.165, 1.54) is 0 Å². The summed E-state index contributed by atoms with van der Waals surface area (Å²) in [5.74, 6) is 0.163. The van der Waals surface area contributed by atoms with Gasteiger partial charge in [0.1, 0.15) is 0 Å². The van der Waals surface area contributed by atoms with Crippen molar-refractivity contribution in [2.45, 2.75) is 50.8 Å². The Morgan fingerprint density at radius 2 is 2.19 bits per heavy atom. The average molecular weight is 383 g/mol. The molecule has 26 heavy (non-hydrogen) atoms. The third-order valence-electron chi connectivity index (χ3n) is 5.04. The Morgan fingerprint density at radius 1 is 1.27 bits per heavy atom. The average Bonchev–Trinajstić information content (AvgIpc) is 3.01. The number of hydrogen-bond donors (Lipinski definition) is 2. The second kappa shape index (κ2) is 11.5. The highest BCUT2D eigenvalue weighted by Crippen LogP contribution is 2.16. The van der Waals surface area contributed by atoms with Crippen LogP contribution in [0.3, 0.4) is 0 Å². The zero-order chi connectivity index (χ0) is 17.3. The van der Waals surface area contributed by atoms with E-state index in [-0.39, 0.29) is 30.5 Å². The minimum atomic E-state index is 0. The van der Waals surface area contributed by atoms with Crippen molar-refractivity contribution in [1.29, 1.82) is 0 Å². The number of nitrogens with one attached hydrogen (secondary N) is 2. The van der Waals surface area contributed by atoms with Gasteiger partial charge in [-0.25, -0.2) is 0 Å². The predicted molar refractivity (Wildman–Crippen MR) is 104 cm³/mol. The molecule has 0 radical (unpaired) electrons. The van der Waals surface area contributed by atoms with Crippen molar-refractivity contribution >= 4 is 18.3 Å². The molecule has 2 atom stereocenters. The van der Waals surface area contributed by atoms with E-state index in [1.54, 1.807) is 6.20 Å². The van der Waals surface area contributed by atoms with Crippen molar-refractivity contribution in [2.75, 3.05) is 32.8 Å². The van der Waals surface area contributed by atoms with Crippen molar-refractivity contribution in [1.82, 2.24) is 20.5 Å². The van der Waals surface area contributed by atoms with Crippen molar-refractivity contribution in [2.24, 2.45) is 0 Å². The number of hydrogen-bond acceptors (Lipinski definition) is 5. The topological polar surface area (TPSA) is 66.5 Å². The molecule has 7 heteroatoms. The molecule has 2 saturated heterocycles. The number of halogens is 1. The summed E-state index contributed by atoms with van der Waals surface area (Å²) < 4.78 is 5.62. The number of rotatable bonds is 7. The lowest BCUT2D eigenvalue weighted by atomic mass is 10.1. The Bertz CT molecular complexity index is 518. The summed E-state index contributed by atoms with van der Waals surface area (Å²) in [7, 11) is 0. The van der Waals surface area contributed by atoms with Gasteiger partial charge in [0.05, 0.1) is 24.9 Å². The molecule has 0 aromatic carbocycles. The van der Waals surface area contributed by atoms with E-state index in [0.29, 0.717) is 13.1 Å². The minimum Gasteiger partial charge on any atom is -0.377 e. The van der Waals surface area contributed by atoms with Crippen LogP contribution < -0.4 is 10.6 Å². The number of nitrogens with zero attached hydrogens (tertiary/aromatic N) is 2. The van der Waals surface area contributed by atoms with E-state index in [0.717, 1.165) is 64.0 Å². The van der Waals surface area contributed by atoms with Crippen LogP contribution in [0.15, 0.2) is 24.4 Å². The van der Waals surface area contributed by atoms with Gasteiger partial charge < -0.3 is 20.3 Å². The largest absolute Gasteiger partial charge is 0.377 e. The van der Waals surface area contributed by atoms with Gasteiger partial charge in [0.2, 0.25) is 5.91 Å². The van der Waals surface area contributed by atoms with Crippen molar-refractivity contribution in [3.8, 4) is 0 Å². The number of carbonyl (C=O) groups excluding carboxylic acids is 1. The van der Waals surface area contributed by atoms with E-state index in [2.05, 4.69) is 15.6 Å². The van der Waals surface area contributed by atoms with Gasteiger partial charge in [0, 0.05) is 25.4 Å². The Labute approximate surface area is 162 Å². The van der Waals surface area contributed by atoms with E-state index >= 15 is 0 Å². The Balaban J connectivity index is 0.00000243. The number of carbonyl (C=O) groups is 1. The molecule has 2 aliphatic rings. The molecule has 1 aromatic heterocycles. The van der Waals surface area contributed by atoms with Crippen LogP contribution in [0.1, 0.15) is 37.8 Å². The summed E-state index contributed by atoms with van der Waals surface area (Å²) in [4.78, 5) is 19.3. The molecule has 1 aromatic rings. The summed E-state index contributed by atoms with van der Waals surface area (Å²) >= 11 is 0. The standard InChI is InChI=1S/C19H30N4O2.ClH/c24-19(14-21-13-18-7-4-12-25-18)23(15-16-5-1-2-10-22-16)17-6-3-9-20-11-8-17;/h1-2,5,10,17-18,20-21H,3-4,6-9,11-15H2;1H. The summed E-state index contributed by atoms with van der Waals surface area (Å²) in [6, 6.07) is 6.17. The molecule has 1 amide bonds. The van der Waals surface area contributed by atoms with Crippen LogP contribution in [0.2, 0.25) is 0 Å². The molecule has 0 aliphatic carbocycles. The maximum atomic E-state index is 12.9. The lowest BCUT2D eigenvalue weighted by Crippen LogP contribution is -2.45. The third-order valence-corrected chi connectivity index (χ3v) is 5.04. The van der Waals surface area contributed by atoms with Gasteiger partial charge in [-0.3, -0.25) is 9.78 Å². The van der Waals surface area contributed by atoms with E-state index in [1.807, 2.05) is 23.1 Å². The fourth-order valence-corrected chi connectivity index (χ4v) is 3.65. The second-order valence-corrected chi connectivity index (χ2v) is 6.94. The minimum absolute atomic E-state index is 0. The molecule has 0 saturated carbocycles. The molecule has 0 bridgehead atoms. The molecule has 0 spiro atoms. The Hall–Kier alpha value is -1.21. The molecule has 3 rings (SSSR count). The van der Waals surface area contributed by atoms with Crippen LogP contribution in [-0.4, -0.2) is 60.7 Å². The molecular weight excluding hydrogens is 352 g/mol. The van der Waals surface area contributed by atoms with E-state index in [9.17, 15) is 4.79 Å². The Morgan fingerprint density at radius 3 is 2.96 bits per heavy atom. The maximum absolute atomic E-state index is 12.9. The molecule has 3 heterocycles. The first-order chi connectivity index (χ1) is 12.3. The molecule has 2 aliphatic heterocycles. The zero-order valence-electron chi connectivity index (χ0n) is 15.4. The Kier molecular flexibility index (Phi) is 9.32. The summed E-state index contributed by atoms with van der Waals surface area (Å²) in [6.07, 6.45) is 7.44. The molecule has 6 nitrogen and oxygen atoms in total. The molecule has 2 N–H and O–H groups in total. The highest BCUT2D eigenvalue weighted by molar-refractivity contribution is 5.85. The third kappa shape index (κ3) is 6.50. The van der Waals surface area contributed by atoms with Gasteiger partial charge in [-0.1, -0.05) is 6.07 Å². The molecule has 2 fully saturated rings. The lowest BCUT2D eigenvalue weighted by molar-refractivity contribution is -0.133. The van der Waals surface area contributed by atoms with Crippen LogP contribution in [0.5, 0.6) is 0 Å². The molecular formula is C19H31ClN4O2. The fraction of sp³-hybridized carbons (Fsp3) is 0.684. The van der Waals surface area contributed by atoms with Crippen molar-refractivity contribution in [3.63, 3.8) is 0 Å². The lowest BCUT2D eigenvalue weighted by Gasteiger charge is -2.31. The van der Waals surface area contributed by atoms with Gasteiger partial charge in [-0.2, -0.15) is 0 Å². The van der Waals surface area contributed by atoms with Gasteiger partial charge in [0.15, 0.2) is 0 Å². The fourth-order valence-electron chi connectivity index (χ4n) is 3.65. The number of pyridine rings is 1. The van der Waals surface area contributed by atoms with Gasteiger partial charge in [-0.05, 0) is 57.3 Å². The van der Waals surface area contributed by atoms with Crippen LogP contribution in [0, 0.1) is 0 Å². The van der Waals surface area contributed by atoms with E-state index < -0.39 is 0 Å².